The number of nitrogens with one attached hydrogen (secondary N) is 2. The van der Waals surface area contributed by atoms with Crippen LogP contribution < -0.4 is 11.1 Å². The van der Waals surface area contributed by atoms with E-state index in [0.29, 0.717) is 31.2 Å². The molecule has 1 atom stereocenters. The Morgan fingerprint density at radius 2 is 2.12 bits per heavy atom. The van der Waals surface area contributed by atoms with Crippen LogP contribution in [0.15, 0.2) is 30.3 Å². The van der Waals surface area contributed by atoms with Crippen LogP contribution in [0.25, 0.3) is 11.4 Å². The van der Waals surface area contributed by atoms with Crippen molar-refractivity contribution in [2.24, 2.45) is 11.7 Å². The first-order valence-corrected chi connectivity index (χ1v) is 8.96. The number of carbonyl (C=O) groups is 2. The maximum absolute atomic E-state index is 12.4. The van der Waals surface area contributed by atoms with Gasteiger partial charge in [0.25, 0.3) is 5.91 Å². The number of likely N-dealkylation sites (tertiary alicyclic amines) is 1. The Morgan fingerprint density at radius 3 is 2.85 bits per heavy atom. The van der Waals surface area contributed by atoms with E-state index in [1.54, 1.807) is 0 Å². The molecule has 0 radical (unpaired) electrons. The van der Waals surface area contributed by atoms with Crippen molar-refractivity contribution in [3.63, 3.8) is 0 Å². The van der Waals surface area contributed by atoms with Gasteiger partial charge in [-0.05, 0) is 26.3 Å². The zero-order valence-corrected chi connectivity index (χ0v) is 15.0. The topological polar surface area (TPSA) is 104 Å². The van der Waals surface area contributed by atoms with E-state index >= 15 is 0 Å². The maximum atomic E-state index is 12.4. The number of imidazole rings is 1. The minimum Gasteiger partial charge on any atom is -0.369 e. The lowest BCUT2D eigenvalue weighted by atomic mass is 9.97. The second kappa shape index (κ2) is 8.14. The van der Waals surface area contributed by atoms with Crippen LogP contribution >= 0.6 is 0 Å². The third-order valence-electron chi connectivity index (χ3n) is 4.77. The van der Waals surface area contributed by atoms with Gasteiger partial charge >= 0.3 is 0 Å². The van der Waals surface area contributed by atoms with Crippen LogP contribution in [-0.2, 0) is 4.79 Å². The van der Waals surface area contributed by atoms with Gasteiger partial charge in [0.1, 0.15) is 11.5 Å². The lowest BCUT2D eigenvalue weighted by Gasteiger charge is -2.30. The van der Waals surface area contributed by atoms with Crippen LogP contribution in [0.1, 0.15) is 29.0 Å². The number of aromatic nitrogens is 2. The molecule has 1 aliphatic rings. The van der Waals surface area contributed by atoms with E-state index in [2.05, 4.69) is 20.2 Å². The van der Waals surface area contributed by atoms with Crippen molar-refractivity contribution in [1.82, 2.24) is 20.2 Å². The average Bonchev–Trinajstić information content (AvgIpc) is 3.04. The van der Waals surface area contributed by atoms with E-state index in [9.17, 15) is 9.59 Å². The van der Waals surface area contributed by atoms with Gasteiger partial charge in [0.2, 0.25) is 5.91 Å². The molecule has 0 aliphatic carbocycles. The number of hydrogen-bond acceptors (Lipinski definition) is 4. The number of hydrogen-bond donors (Lipinski definition) is 3. The Morgan fingerprint density at radius 1 is 1.35 bits per heavy atom. The summed E-state index contributed by atoms with van der Waals surface area (Å²) >= 11 is 0. The predicted molar refractivity (Wildman–Crippen MR) is 99.5 cm³/mol. The van der Waals surface area contributed by atoms with Gasteiger partial charge in [0.05, 0.1) is 5.92 Å². The van der Waals surface area contributed by atoms with E-state index in [1.807, 2.05) is 37.3 Å². The number of benzene rings is 1. The predicted octanol–water partition coefficient (Wildman–Crippen LogP) is 1.31. The molecule has 2 aromatic rings. The highest BCUT2D eigenvalue weighted by Crippen LogP contribution is 2.18. The Labute approximate surface area is 153 Å². The number of H-pyrrole nitrogens is 1. The Hall–Kier alpha value is -2.67. The van der Waals surface area contributed by atoms with E-state index in [4.69, 9.17) is 5.73 Å². The Balaban J connectivity index is 1.54. The number of piperidine rings is 1. The Bertz CT molecular complexity index is 771. The molecule has 7 heteroatoms. The number of nitrogens with two attached hydrogens (primary N) is 1. The van der Waals surface area contributed by atoms with Gasteiger partial charge < -0.3 is 20.9 Å². The highest BCUT2D eigenvalue weighted by Gasteiger charge is 2.23. The molecule has 7 nitrogen and oxygen atoms in total. The van der Waals surface area contributed by atoms with Crippen molar-refractivity contribution in [1.29, 1.82) is 0 Å². The van der Waals surface area contributed by atoms with Crippen LogP contribution in [-0.4, -0.2) is 52.9 Å². The standard InChI is InChI=1S/C19H25N5O2/c1-13-16(23-18(22-13)14-6-3-2-4-7-14)19(26)21-9-11-24-10-5-8-15(12-24)17(20)25/h2-4,6-7,15H,5,8-12H2,1H3,(H2,20,25)(H,21,26)(H,22,23)/t15-/m1/s1. The van der Waals surface area contributed by atoms with Crippen LogP contribution in [0.5, 0.6) is 0 Å². The number of aryl methyl sites for hydroxylation is 1. The fourth-order valence-electron chi connectivity index (χ4n) is 3.32. The second-order valence-electron chi connectivity index (χ2n) is 6.72. The zero-order valence-electron chi connectivity index (χ0n) is 15.0. The Kier molecular flexibility index (Phi) is 5.68. The first-order valence-electron chi connectivity index (χ1n) is 8.96. The summed E-state index contributed by atoms with van der Waals surface area (Å²) in [6, 6.07) is 9.71. The van der Waals surface area contributed by atoms with E-state index in [0.717, 1.165) is 30.6 Å². The zero-order chi connectivity index (χ0) is 18.5. The summed E-state index contributed by atoms with van der Waals surface area (Å²) in [5, 5.41) is 2.92. The molecule has 1 aliphatic heterocycles. The van der Waals surface area contributed by atoms with Crippen molar-refractivity contribution in [3.8, 4) is 11.4 Å². The summed E-state index contributed by atoms with van der Waals surface area (Å²) in [5.74, 6) is 0.179. The molecule has 0 unspecified atom stereocenters. The molecule has 0 saturated carbocycles. The van der Waals surface area contributed by atoms with Crippen molar-refractivity contribution in [2.45, 2.75) is 19.8 Å². The number of amides is 2. The average molecular weight is 355 g/mol. The van der Waals surface area contributed by atoms with Gasteiger partial charge in [-0.25, -0.2) is 4.98 Å². The van der Waals surface area contributed by atoms with Crippen LogP contribution in [0.4, 0.5) is 0 Å². The van der Waals surface area contributed by atoms with E-state index < -0.39 is 0 Å². The highest BCUT2D eigenvalue weighted by atomic mass is 16.2. The van der Waals surface area contributed by atoms with Gasteiger partial charge in [-0.15, -0.1) is 0 Å². The molecule has 1 fully saturated rings. The van der Waals surface area contributed by atoms with E-state index in [1.165, 1.54) is 0 Å². The maximum Gasteiger partial charge on any atom is 0.271 e. The molecule has 3 rings (SSSR count). The molecule has 0 spiro atoms. The molecular weight excluding hydrogens is 330 g/mol. The van der Waals surface area contributed by atoms with Crippen molar-refractivity contribution >= 4 is 11.8 Å². The largest absolute Gasteiger partial charge is 0.369 e. The second-order valence-corrected chi connectivity index (χ2v) is 6.72. The molecule has 26 heavy (non-hydrogen) atoms. The van der Waals surface area contributed by atoms with Crippen molar-refractivity contribution in [3.05, 3.63) is 41.7 Å². The molecule has 1 aromatic heterocycles. The first kappa shape index (κ1) is 18.1. The third kappa shape index (κ3) is 4.29. The molecule has 138 valence electrons. The quantitative estimate of drug-likeness (QED) is 0.727. The number of carbonyl (C=O) groups excluding carboxylic acids is 2. The monoisotopic (exact) mass is 355 g/mol. The summed E-state index contributed by atoms with van der Waals surface area (Å²) in [6.45, 7) is 4.66. The SMILES string of the molecule is Cc1[nH]c(-c2ccccc2)nc1C(=O)NCCN1CCC[C@@H](C(N)=O)C1. The first-order chi connectivity index (χ1) is 12.5. The minimum absolute atomic E-state index is 0.0820. The summed E-state index contributed by atoms with van der Waals surface area (Å²) in [4.78, 5) is 33.6. The summed E-state index contributed by atoms with van der Waals surface area (Å²) in [6.07, 6.45) is 1.81. The van der Waals surface area contributed by atoms with Gasteiger partial charge in [0.15, 0.2) is 0 Å². The molecule has 1 aromatic carbocycles. The number of rotatable bonds is 6. The highest BCUT2D eigenvalue weighted by molar-refractivity contribution is 5.94. The fourth-order valence-corrected chi connectivity index (χ4v) is 3.32. The smallest absolute Gasteiger partial charge is 0.271 e. The number of aromatic amines is 1. The lowest BCUT2D eigenvalue weighted by molar-refractivity contribution is -0.123. The van der Waals surface area contributed by atoms with Gasteiger partial charge in [-0.1, -0.05) is 30.3 Å². The molecular formula is C19H25N5O2. The van der Waals surface area contributed by atoms with Crippen LogP contribution in [0.3, 0.4) is 0 Å². The van der Waals surface area contributed by atoms with Gasteiger partial charge in [0, 0.05) is 30.9 Å². The van der Waals surface area contributed by atoms with Gasteiger partial charge in [-0.2, -0.15) is 0 Å². The molecule has 0 bridgehead atoms. The van der Waals surface area contributed by atoms with Crippen molar-refractivity contribution in [2.75, 3.05) is 26.2 Å². The third-order valence-corrected chi connectivity index (χ3v) is 4.77. The van der Waals surface area contributed by atoms with Crippen molar-refractivity contribution < 1.29 is 9.59 Å². The summed E-state index contributed by atoms with van der Waals surface area (Å²) in [7, 11) is 0. The molecule has 4 N–H and O–H groups in total. The van der Waals surface area contributed by atoms with Gasteiger partial charge in [-0.3, -0.25) is 9.59 Å². The normalized spacial score (nSPS) is 17.8. The number of primary amides is 1. The minimum atomic E-state index is -0.237. The molecule has 2 amide bonds. The molecule has 2 heterocycles. The fraction of sp³-hybridized carbons (Fsp3) is 0.421. The summed E-state index contributed by atoms with van der Waals surface area (Å²) in [5.41, 5.74) is 7.51. The lowest BCUT2D eigenvalue weighted by Crippen LogP contribution is -2.44. The van der Waals surface area contributed by atoms with Crippen LogP contribution in [0.2, 0.25) is 0 Å². The molecule has 1 saturated heterocycles. The van der Waals surface area contributed by atoms with Crippen LogP contribution in [0, 0.1) is 12.8 Å². The van der Waals surface area contributed by atoms with E-state index in [-0.39, 0.29) is 17.7 Å². The summed E-state index contributed by atoms with van der Waals surface area (Å²) < 4.78 is 0. The number of nitrogens with zero attached hydrogens (tertiary/aromatic N) is 2.